The summed E-state index contributed by atoms with van der Waals surface area (Å²) in [7, 11) is 3.09. The maximum absolute atomic E-state index is 12.6. The minimum absolute atomic E-state index is 0.239. The molecule has 0 saturated carbocycles. The molecule has 1 heterocycles. The van der Waals surface area contributed by atoms with Crippen molar-refractivity contribution in [1.29, 1.82) is 0 Å². The van der Waals surface area contributed by atoms with Crippen molar-refractivity contribution in [2.24, 2.45) is 0 Å². The van der Waals surface area contributed by atoms with Crippen LogP contribution in [0.1, 0.15) is 21.5 Å². The number of hydrogen-bond donors (Lipinski definition) is 1. The Hall–Kier alpha value is -3.80. The Bertz CT molecular complexity index is 1230. The molecule has 152 valence electrons. The van der Waals surface area contributed by atoms with E-state index < -0.39 is 0 Å². The molecule has 0 bridgehead atoms. The highest BCUT2D eigenvalue weighted by Gasteiger charge is 2.13. The standard InChI is InChI=1S/C24H22N2O4/c1-14-11-15(2)22-19(12-14)26-24(30-22)16-5-8-18(9-6-16)25-23(27)17-7-10-20(28-3)21(13-17)29-4/h5-13H,1-4H3,(H,25,27). The summed E-state index contributed by atoms with van der Waals surface area (Å²) in [5.74, 6) is 1.39. The molecular weight excluding hydrogens is 380 g/mol. The first-order valence-corrected chi connectivity index (χ1v) is 9.50. The normalized spacial score (nSPS) is 10.8. The lowest BCUT2D eigenvalue weighted by Crippen LogP contribution is -2.12. The number of hydrogen-bond acceptors (Lipinski definition) is 5. The van der Waals surface area contributed by atoms with E-state index in [0.717, 1.165) is 27.8 Å². The first kappa shape index (κ1) is 19.5. The Balaban J connectivity index is 1.54. The van der Waals surface area contributed by atoms with Gasteiger partial charge in [0, 0.05) is 16.8 Å². The average molecular weight is 402 g/mol. The number of ether oxygens (including phenoxy) is 2. The van der Waals surface area contributed by atoms with Crippen LogP contribution < -0.4 is 14.8 Å². The number of nitrogens with zero attached hydrogens (tertiary/aromatic N) is 1. The van der Waals surface area contributed by atoms with Crippen molar-refractivity contribution in [3.8, 4) is 23.0 Å². The van der Waals surface area contributed by atoms with Gasteiger partial charge in [-0.25, -0.2) is 4.98 Å². The molecule has 1 N–H and O–H groups in total. The van der Waals surface area contributed by atoms with Crippen LogP contribution >= 0.6 is 0 Å². The lowest BCUT2D eigenvalue weighted by atomic mass is 10.1. The Morgan fingerprint density at radius 2 is 1.67 bits per heavy atom. The van der Waals surface area contributed by atoms with Gasteiger partial charge in [0.2, 0.25) is 5.89 Å². The van der Waals surface area contributed by atoms with Crippen LogP contribution in [0, 0.1) is 13.8 Å². The van der Waals surface area contributed by atoms with Gasteiger partial charge in [0.15, 0.2) is 17.1 Å². The van der Waals surface area contributed by atoms with Gasteiger partial charge in [0.1, 0.15) is 5.52 Å². The average Bonchev–Trinajstić information content (AvgIpc) is 3.18. The molecule has 0 saturated heterocycles. The lowest BCUT2D eigenvalue weighted by Gasteiger charge is -2.10. The number of aromatic nitrogens is 1. The molecule has 0 aliphatic carbocycles. The van der Waals surface area contributed by atoms with Crippen LogP contribution in [0.25, 0.3) is 22.6 Å². The van der Waals surface area contributed by atoms with Crippen molar-refractivity contribution in [3.05, 3.63) is 71.3 Å². The van der Waals surface area contributed by atoms with Crippen LogP contribution in [0.15, 0.2) is 59.0 Å². The third-order valence-corrected chi connectivity index (χ3v) is 4.86. The van der Waals surface area contributed by atoms with E-state index in [1.807, 2.05) is 44.2 Å². The highest BCUT2D eigenvalue weighted by atomic mass is 16.5. The molecular formula is C24H22N2O4. The van der Waals surface area contributed by atoms with Gasteiger partial charge in [-0.15, -0.1) is 0 Å². The first-order chi connectivity index (χ1) is 14.5. The zero-order valence-electron chi connectivity index (χ0n) is 17.3. The quantitative estimate of drug-likeness (QED) is 0.485. The third kappa shape index (κ3) is 3.72. The molecule has 6 nitrogen and oxygen atoms in total. The summed E-state index contributed by atoms with van der Waals surface area (Å²) in [6, 6.07) is 16.5. The first-order valence-electron chi connectivity index (χ1n) is 9.50. The van der Waals surface area contributed by atoms with Crippen LogP contribution in [0.5, 0.6) is 11.5 Å². The smallest absolute Gasteiger partial charge is 0.255 e. The second-order valence-electron chi connectivity index (χ2n) is 7.05. The number of rotatable bonds is 5. The van der Waals surface area contributed by atoms with Gasteiger partial charge >= 0.3 is 0 Å². The molecule has 0 aliphatic heterocycles. The fourth-order valence-corrected chi connectivity index (χ4v) is 3.38. The highest BCUT2D eigenvalue weighted by molar-refractivity contribution is 6.04. The summed E-state index contributed by atoms with van der Waals surface area (Å²) in [4.78, 5) is 17.2. The van der Waals surface area contributed by atoms with Gasteiger partial charge < -0.3 is 19.2 Å². The Labute approximate surface area is 174 Å². The van der Waals surface area contributed by atoms with E-state index >= 15 is 0 Å². The van der Waals surface area contributed by atoms with Crippen LogP contribution in [0.4, 0.5) is 5.69 Å². The molecule has 4 rings (SSSR count). The molecule has 6 heteroatoms. The molecule has 0 atom stereocenters. The van der Waals surface area contributed by atoms with Crippen LogP contribution in [0.2, 0.25) is 0 Å². The van der Waals surface area contributed by atoms with E-state index in [4.69, 9.17) is 13.9 Å². The van der Waals surface area contributed by atoms with E-state index in [9.17, 15) is 4.79 Å². The Morgan fingerprint density at radius 3 is 2.37 bits per heavy atom. The number of methoxy groups -OCH3 is 2. The van der Waals surface area contributed by atoms with Crippen molar-refractivity contribution in [3.63, 3.8) is 0 Å². The minimum Gasteiger partial charge on any atom is -0.493 e. The van der Waals surface area contributed by atoms with Crippen molar-refractivity contribution in [1.82, 2.24) is 4.98 Å². The monoisotopic (exact) mass is 402 g/mol. The number of carbonyl (C=O) groups is 1. The number of carbonyl (C=O) groups excluding carboxylic acids is 1. The van der Waals surface area contributed by atoms with Crippen LogP contribution in [-0.2, 0) is 0 Å². The molecule has 1 amide bonds. The zero-order valence-corrected chi connectivity index (χ0v) is 17.3. The summed E-state index contributed by atoms with van der Waals surface area (Å²) < 4.78 is 16.4. The van der Waals surface area contributed by atoms with Gasteiger partial charge in [0.25, 0.3) is 5.91 Å². The van der Waals surface area contributed by atoms with Crippen molar-refractivity contribution in [2.75, 3.05) is 19.5 Å². The summed E-state index contributed by atoms with van der Waals surface area (Å²) in [5.41, 5.74) is 5.82. The topological polar surface area (TPSA) is 73.6 Å². The summed E-state index contributed by atoms with van der Waals surface area (Å²) >= 11 is 0. The van der Waals surface area contributed by atoms with Crippen molar-refractivity contribution in [2.45, 2.75) is 13.8 Å². The Morgan fingerprint density at radius 1 is 0.933 bits per heavy atom. The largest absolute Gasteiger partial charge is 0.493 e. The van der Waals surface area contributed by atoms with E-state index in [-0.39, 0.29) is 5.91 Å². The number of aryl methyl sites for hydroxylation is 2. The zero-order chi connectivity index (χ0) is 21.3. The molecule has 3 aromatic carbocycles. The molecule has 1 aromatic heterocycles. The molecule has 4 aromatic rings. The molecule has 0 fully saturated rings. The molecule has 0 aliphatic rings. The molecule has 0 radical (unpaired) electrons. The second kappa shape index (κ2) is 7.91. The fourth-order valence-electron chi connectivity index (χ4n) is 3.38. The van der Waals surface area contributed by atoms with E-state index in [0.29, 0.717) is 28.6 Å². The van der Waals surface area contributed by atoms with Crippen molar-refractivity contribution < 1.29 is 18.7 Å². The van der Waals surface area contributed by atoms with Crippen LogP contribution in [0.3, 0.4) is 0 Å². The Kier molecular flexibility index (Phi) is 5.14. The number of anilines is 1. The van der Waals surface area contributed by atoms with E-state index in [2.05, 4.69) is 16.4 Å². The van der Waals surface area contributed by atoms with Gasteiger partial charge in [-0.05, 0) is 73.5 Å². The maximum atomic E-state index is 12.6. The SMILES string of the molecule is COc1ccc(C(=O)Nc2ccc(-c3nc4cc(C)cc(C)c4o3)cc2)cc1OC. The lowest BCUT2D eigenvalue weighted by molar-refractivity contribution is 0.102. The van der Waals surface area contributed by atoms with Gasteiger partial charge in [-0.3, -0.25) is 4.79 Å². The van der Waals surface area contributed by atoms with E-state index in [1.165, 1.54) is 7.11 Å². The number of benzene rings is 3. The number of nitrogens with one attached hydrogen (secondary N) is 1. The number of amides is 1. The summed E-state index contributed by atoms with van der Waals surface area (Å²) in [6.45, 7) is 4.05. The molecule has 30 heavy (non-hydrogen) atoms. The second-order valence-corrected chi connectivity index (χ2v) is 7.05. The fraction of sp³-hybridized carbons (Fsp3) is 0.167. The minimum atomic E-state index is -0.239. The molecule has 0 spiro atoms. The molecule has 0 unspecified atom stereocenters. The predicted molar refractivity (Wildman–Crippen MR) is 116 cm³/mol. The third-order valence-electron chi connectivity index (χ3n) is 4.86. The van der Waals surface area contributed by atoms with Crippen molar-refractivity contribution >= 4 is 22.7 Å². The predicted octanol–water partition coefficient (Wildman–Crippen LogP) is 5.38. The number of oxazole rings is 1. The van der Waals surface area contributed by atoms with Gasteiger partial charge in [0.05, 0.1) is 14.2 Å². The van der Waals surface area contributed by atoms with Crippen LogP contribution in [-0.4, -0.2) is 25.1 Å². The summed E-state index contributed by atoms with van der Waals surface area (Å²) in [6.07, 6.45) is 0. The highest BCUT2D eigenvalue weighted by Crippen LogP contribution is 2.29. The van der Waals surface area contributed by atoms with Gasteiger partial charge in [-0.1, -0.05) is 6.07 Å². The summed E-state index contributed by atoms with van der Waals surface area (Å²) in [5, 5.41) is 2.88. The maximum Gasteiger partial charge on any atom is 0.255 e. The van der Waals surface area contributed by atoms with E-state index in [1.54, 1.807) is 25.3 Å². The van der Waals surface area contributed by atoms with Gasteiger partial charge in [-0.2, -0.15) is 0 Å². The number of fused-ring (bicyclic) bond motifs is 1.